The Hall–Kier alpha value is -1.98. The molecule has 1 aromatic rings. The molecule has 0 aliphatic rings. The van der Waals surface area contributed by atoms with Crippen LogP contribution in [0, 0.1) is 0 Å². The Labute approximate surface area is 93.5 Å². The second-order valence-corrected chi connectivity index (χ2v) is 3.01. The maximum atomic E-state index is 11.4. The van der Waals surface area contributed by atoms with E-state index in [9.17, 15) is 9.59 Å². The van der Waals surface area contributed by atoms with E-state index in [0.717, 1.165) is 0 Å². The standard InChI is InChI=1S/C10H14N4O2/c1-3-11-9(15)7-5-8(14-6-13-7)10(16)12-4-2/h5-6H,3-4H2,1-2H3,(H,11,15)(H,12,16). The van der Waals surface area contributed by atoms with Crippen molar-refractivity contribution < 1.29 is 9.59 Å². The van der Waals surface area contributed by atoms with E-state index in [1.807, 2.05) is 13.8 Å². The van der Waals surface area contributed by atoms with Crippen LogP contribution in [0.1, 0.15) is 34.8 Å². The van der Waals surface area contributed by atoms with Gasteiger partial charge in [0.15, 0.2) is 0 Å². The minimum absolute atomic E-state index is 0.193. The predicted octanol–water partition coefficient (Wildman–Crippen LogP) is -0.0240. The lowest BCUT2D eigenvalue weighted by Gasteiger charge is -2.03. The molecule has 0 bridgehead atoms. The van der Waals surface area contributed by atoms with E-state index in [0.29, 0.717) is 13.1 Å². The molecule has 6 heteroatoms. The molecule has 1 aromatic heterocycles. The molecule has 0 fully saturated rings. The molecule has 6 nitrogen and oxygen atoms in total. The zero-order valence-corrected chi connectivity index (χ0v) is 9.28. The molecule has 16 heavy (non-hydrogen) atoms. The summed E-state index contributed by atoms with van der Waals surface area (Å²) >= 11 is 0. The summed E-state index contributed by atoms with van der Waals surface area (Å²) in [5.74, 6) is -0.620. The average Bonchev–Trinajstić information content (AvgIpc) is 2.30. The molecule has 0 radical (unpaired) electrons. The fourth-order valence-electron chi connectivity index (χ4n) is 1.11. The Kier molecular flexibility index (Phi) is 4.38. The van der Waals surface area contributed by atoms with Gasteiger partial charge in [-0.2, -0.15) is 0 Å². The van der Waals surface area contributed by atoms with Gasteiger partial charge in [0.05, 0.1) is 0 Å². The van der Waals surface area contributed by atoms with Gasteiger partial charge in [-0.1, -0.05) is 0 Å². The van der Waals surface area contributed by atoms with Gasteiger partial charge in [0.1, 0.15) is 17.7 Å². The zero-order valence-electron chi connectivity index (χ0n) is 9.28. The number of carbonyl (C=O) groups excluding carboxylic acids is 2. The topological polar surface area (TPSA) is 84.0 Å². The molecule has 0 unspecified atom stereocenters. The molecule has 0 atom stereocenters. The van der Waals surface area contributed by atoms with Crippen molar-refractivity contribution in [2.24, 2.45) is 0 Å². The number of hydrogen-bond donors (Lipinski definition) is 2. The molecule has 2 amide bonds. The largest absolute Gasteiger partial charge is 0.351 e. The van der Waals surface area contributed by atoms with Crippen molar-refractivity contribution in [2.45, 2.75) is 13.8 Å². The molecule has 0 saturated carbocycles. The maximum absolute atomic E-state index is 11.4. The summed E-state index contributed by atoms with van der Waals surface area (Å²) in [5, 5.41) is 5.20. The van der Waals surface area contributed by atoms with Crippen LogP contribution in [-0.4, -0.2) is 34.9 Å². The highest BCUT2D eigenvalue weighted by atomic mass is 16.2. The first-order valence-corrected chi connectivity index (χ1v) is 5.07. The van der Waals surface area contributed by atoms with E-state index in [4.69, 9.17) is 0 Å². The van der Waals surface area contributed by atoms with Gasteiger partial charge in [-0.05, 0) is 13.8 Å². The molecule has 1 rings (SSSR count). The Morgan fingerprint density at radius 1 is 1.06 bits per heavy atom. The molecule has 2 N–H and O–H groups in total. The number of carbonyl (C=O) groups is 2. The lowest BCUT2D eigenvalue weighted by Crippen LogP contribution is -2.27. The van der Waals surface area contributed by atoms with Crippen molar-refractivity contribution in [1.29, 1.82) is 0 Å². The molecular weight excluding hydrogens is 208 g/mol. The van der Waals surface area contributed by atoms with Crippen LogP contribution in [0.25, 0.3) is 0 Å². The Morgan fingerprint density at radius 3 is 1.88 bits per heavy atom. The third-order valence-corrected chi connectivity index (χ3v) is 1.81. The smallest absolute Gasteiger partial charge is 0.270 e. The summed E-state index contributed by atoms with van der Waals surface area (Å²) in [6, 6.07) is 1.37. The quantitative estimate of drug-likeness (QED) is 0.749. The first kappa shape index (κ1) is 12.1. The number of rotatable bonds is 4. The van der Waals surface area contributed by atoms with Crippen LogP contribution in [0.2, 0.25) is 0 Å². The Bertz CT molecular complexity index is 359. The second-order valence-electron chi connectivity index (χ2n) is 3.01. The average molecular weight is 222 g/mol. The van der Waals surface area contributed by atoms with Crippen LogP contribution < -0.4 is 10.6 Å². The van der Waals surface area contributed by atoms with Gasteiger partial charge < -0.3 is 10.6 Å². The SMILES string of the molecule is CCNC(=O)c1cc(C(=O)NCC)ncn1. The van der Waals surface area contributed by atoms with Crippen molar-refractivity contribution in [3.63, 3.8) is 0 Å². The maximum Gasteiger partial charge on any atom is 0.270 e. The normalized spacial score (nSPS) is 9.62. The lowest BCUT2D eigenvalue weighted by molar-refractivity contribution is 0.0949. The summed E-state index contributed by atoms with van der Waals surface area (Å²) in [6.07, 6.45) is 1.20. The molecule has 86 valence electrons. The van der Waals surface area contributed by atoms with Crippen LogP contribution in [0.5, 0.6) is 0 Å². The van der Waals surface area contributed by atoms with Gasteiger partial charge in [-0.25, -0.2) is 9.97 Å². The van der Waals surface area contributed by atoms with Crippen LogP contribution >= 0.6 is 0 Å². The summed E-state index contributed by atoms with van der Waals surface area (Å²) in [4.78, 5) is 30.5. The third-order valence-electron chi connectivity index (χ3n) is 1.81. The number of nitrogens with zero attached hydrogens (tertiary/aromatic N) is 2. The summed E-state index contributed by atoms with van der Waals surface area (Å²) in [5.41, 5.74) is 0.385. The first-order valence-electron chi connectivity index (χ1n) is 5.07. The third kappa shape index (κ3) is 3.01. The fraction of sp³-hybridized carbons (Fsp3) is 0.400. The second kappa shape index (κ2) is 5.79. The summed E-state index contributed by atoms with van der Waals surface area (Å²) in [6.45, 7) is 4.65. The molecule has 0 aliphatic carbocycles. The molecule has 0 saturated heterocycles. The molecule has 0 aromatic carbocycles. The molecule has 0 aliphatic heterocycles. The highest BCUT2D eigenvalue weighted by Gasteiger charge is 2.11. The first-order chi connectivity index (χ1) is 7.69. The van der Waals surface area contributed by atoms with Crippen LogP contribution in [-0.2, 0) is 0 Å². The molecule has 0 spiro atoms. The van der Waals surface area contributed by atoms with Crippen molar-refractivity contribution in [1.82, 2.24) is 20.6 Å². The van der Waals surface area contributed by atoms with E-state index in [2.05, 4.69) is 20.6 Å². The van der Waals surface area contributed by atoms with Gasteiger partial charge in [-0.15, -0.1) is 0 Å². The molecule has 1 heterocycles. The zero-order chi connectivity index (χ0) is 12.0. The van der Waals surface area contributed by atoms with Gasteiger partial charge in [0.25, 0.3) is 11.8 Å². The Balaban J connectivity index is 2.86. The molecular formula is C10H14N4O2. The number of hydrogen-bond acceptors (Lipinski definition) is 4. The van der Waals surface area contributed by atoms with E-state index >= 15 is 0 Å². The number of amides is 2. The van der Waals surface area contributed by atoms with Gasteiger partial charge in [0, 0.05) is 19.2 Å². The highest BCUT2D eigenvalue weighted by Crippen LogP contribution is 1.98. The van der Waals surface area contributed by atoms with Crippen molar-refractivity contribution >= 4 is 11.8 Å². The summed E-state index contributed by atoms with van der Waals surface area (Å²) in [7, 11) is 0. The number of aromatic nitrogens is 2. The van der Waals surface area contributed by atoms with Crippen LogP contribution in [0.4, 0.5) is 0 Å². The fourth-order valence-corrected chi connectivity index (χ4v) is 1.11. The van der Waals surface area contributed by atoms with E-state index in [1.165, 1.54) is 12.4 Å². The lowest BCUT2D eigenvalue weighted by atomic mass is 10.3. The monoisotopic (exact) mass is 222 g/mol. The van der Waals surface area contributed by atoms with Crippen molar-refractivity contribution in [3.8, 4) is 0 Å². The van der Waals surface area contributed by atoms with Gasteiger partial charge in [0.2, 0.25) is 0 Å². The minimum Gasteiger partial charge on any atom is -0.351 e. The predicted molar refractivity (Wildman–Crippen MR) is 58.0 cm³/mol. The van der Waals surface area contributed by atoms with E-state index in [-0.39, 0.29) is 23.2 Å². The highest BCUT2D eigenvalue weighted by molar-refractivity contribution is 5.97. The minimum atomic E-state index is -0.310. The van der Waals surface area contributed by atoms with Crippen molar-refractivity contribution in [3.05, 3.63) is 23.8 Å². The summed E-state index contributed by atoms with van der Waals surface area (Å²) < 4.78 is 0. The van der Waals surface area contributed by atoms with E-state index in [1.54, 1.807) is 0 Å². The van der Waals surface area contributed by atoms with E-state index < -0.39 is 0 Å². The van der Waals surface area contributed by atoms with Gasteiger partial charge in [-0.3, -0.25) is 9.59 Å². The Morgan fingerprint density at radius 2 is 1.50 bits per heavy atom. The number of nitrogens with one attached hydrogen (secondary N) is 2. The van der Waals surface area contributed by atoms with Crippen LogP contribution in [0.15, 0.2) is 12.4 Å². The van der Waals surface area contributed by atoms with Gasteiger partial charge >= 0.3 is 0 Å². The van der Waals surface area contributed by atoms with Crippen LogP contribution in [0.3, 0.4) is 0 Å². The van der Waals surface area contributed by atoms with Crippen molar-refractivity contribution in [2.75, 3.05) is 13.1 Å².